The number of rotatable bonds is 2. The summed E-state index contributed by atoms with van der Waals surface area (Å²) >= 11 is -5.09. The Labute approximate surface area is 143 Å². The maximum absolute atomic E-state index is 10.9. The molecule has 0 fully saturated rings. The van der Waals surface area contributed by atoms with E-state index in [0.717, 1.165) is 17.6 Å². The number of amides is 1. The first-order valence-electron chi connectivity index (χ1n) is 6.17. The molecule has 10 heteroatoms. The summed E-state index contributed by atoms with van der Waals surface area (Å²) in [5.41, 5.74) is 1.11. The van der Waals surface area contributed by atoms with Crippen LogP contribution in [0.1, 0.15) is 6.92 Å². The van der Waals surface area contributed by atoms with Crippen LogP contribution < -0.4 is 15.1 Å². The van der Waals surface area contributed by atoms with Gasteiger partial charge < -0.3 is 11.0 Å². The number of aromatic hydroxyl groups is 1. The van der Waals surface area contributed by atoms with Gasteiger partial charge in [0.2, 0.25) is 0 Å². The number of hydrogen-bond acceptors (Lipinski definition) is 3. The molecule has 8 nitrogen and oxygen atoms in total. The number of carbonyl (C=O) groups is 1. The Hall–Kier alpha value is -2.03. The predicted octanol–water partition coefficient (Wildman–Crippen LogP) is -2.26. The van der Waals surface area contributed by atoms with Crippen molar-refractivity contribution in [2.75, 3.05) is 5.32 Å². The standard InChI is InChI=1S/C8H10AsNO5.C6H5B.2H2O/c1-5(11)10-6-2-3-7(8(12)4-6)9(13,14)15;7-6-4-2-1-3-5-6;;/h2-4,12H,1H3,(H,10,11)(H2,13,14,15);1-5H;2*1H2. The van der Waals surface area contributed by atoms with E-state index in [1.54, 1.807) is 0 Å². The van der Waals surface area contributed by atoms with E-state index < -0.39 is 24.3 Å². The Morgan fingerprint density at radius 2 is 1.62 bits per heavy atom. The first-order chi connectivity index (χ1) is 10.2. The zero-order chi connectivity index (χ0) is 16.8. The van der Waals surface area contributed by atoms with Crippen molar-refractivity contribution in [3.63, 3.8) is 0 Å². The Morgan fingerprint density at radius 3 is 1.96 bits per heavy atom. The van der Waals surface area contributed by atoms with E-state index in [2.05, 4.69) is 5.32 Å². The summed E-state index contributed by atoms with van der Waals surface area (Å²) in [4.78, 5) is 10.7. The second kappa shape index (κ2) is 10.7. The quantitative estimate of drug-likeness (QED) is 0.417. The number of nitrogens with one attached hydrogen (secondary N) is 1. The minimum atomic E-state index is -5.09. The van der Waals surface area contributed by atoms with Gasteiger partial charge in [-0.15, -0.1) is 0 Å². The third-order valence-electron chi connectivity index (χ3n) is 2.41. The maximum Gasteiger partial charge on any atom is 0.113 e. The van der Waals surface area contributed by atoms with Gasteiger partial charge in [0.05, 0.1) is 0 Å². The van der Waals surface area contributed by atoms with Gasteiger partial charge in [0.25, 0.3) is 0 Å². The van der Waals surface area contributed by atoms with E-state index in [9.17, 15) is 13.6 Å². The van der Waals surface area contributed by atoms with Gasteiger partial charge in [0.1, 0.15) is 7.85 Å². The Balaban J connectivity index is 0. The zero-order valence-electron chi connectivity index (χ0n) is 12.8. The fraction of sp³-hybridized carbons (Fsp3) is 0.0714. The molecule has 0 bridgehead atoms. The van der Waals surface area contributed by atoms with Crippen molar-refractivity contribution in [2.24, 2.45) is 0 Å². The molecule has 2 aromatic rings. The van der Waals surface area contributed by atoms with Gasteiger partial charge in [-0.05, 0) is 0 Å². The fourth-order valence-electron chi connectivity index (χ4n) is 1.50. The summed E-state index contributed by atoms with van der Waals surface area (Å²) in [5, 5.41) is 11.7. The van der Waals surface area contributed by atoms with Crippen molar-refractivity contribution >= 4 is 43.4 Å². The normalized spacial score (nSPS) is 9.46. The molecular weight excluding hydrogens is 380 g/mol. The Morgan fingerprint density at radius 1 is 1.08 bits per heavy atom. The molecule has 0 aliphatic rings. The van der Waals surface area contributed by atoms with Crippen LogP contribution in [0.3, 0.4) is 0 Å². The molecule has 0 heterocycles. The van der Waals surface area contributed by atoms with E-state index in [1.807, 2.05) is 30.3 Å². The number of anilines is 1. The van der Waals surface area contributed by atoms with Crippen molar-refractivity contribution in [2.45, 2.75) is 6.92 Å². The largest absolute Gasteiger partial charge is 0.412 e. The van der Waals surface area contributed by atoms with Crippen LogP contribution in [0.2, 0.25) is 0 Å². The van der Waals surface area contributed by atoms with Crippen molar-refractivity contribution in [1.82, 2.24) is 0 Å². The molecule has 0 aliphatic carbocycles. The van der Waals surface area contributed by atoms with Gasteiger partial charge in [-0.3, -0.25) is 0 Å². The summed E-state index contributed by atoms with van der Waals surface area (Å²) in [6.07, 6.45) is 0. The van der Waals surface area contributed by atoms with E-state index in [4.69, 9.17) is 16.0 Å². The van der Waals surface area contributed by atoms with E-state index in [-0.39, 0.29) is 22.5 Å². The molecule has 0 spiro atoms. The topological polar surface area (TPSA) is 170 Å². The third-order valence-corrected chi connectivity index (χ3v) is 4.52. The number of hydrogen-bond donors (Lipinski definition) is 4. The van der Waals surface area contributed by atoms with E-state index in [0.29, 0.717) is 0 Å². The van der Waals surface area contributed by atoms with Crippen LogP contribution in [0.15, 0.2) is 48.5 Å². The molecule has 24 heavy (non-hydrogen) atoms. The minimum Gasteiger partial charge on any atom is -0.412 e. The third kappa shape index (κ3) is 8.57. The predicted molar refractivity (Wildman–Crippen MR) is 92.0 cm³/mol. The van der Waals surface area contributed by atoms with Gasteiger partial charge in [-0.1, -0.05) is 35.8 Å². The molecule has 8 N–H and O–H groups in total. The zero-order valence-corrected chi connectivity index (χ0v) is 14.7. The van der Waals surface area contributed by atoms with Crippen LogP contribution in [0.4, 0.5) is 5.69 Å². The second-order valence-electron chi connectivity index (χ2n) is 4.34. The maximum atomic E-state index is 10.9. The summed E-state index contributed by atoms with van der Waals surface area (Å²) in [7, 11) is 5.36. The first kappa shape index (κ1) is 24.2. The molecule has 0 unspecified atom stereocenters. The van der Waals surface area contributed by atoms with E-state index in [1.165, 1.54) is 13.0 Å². The van der Waals surface area contributed by atoms with Gasteiger partial charge in [-0.25, -0.2) is 0 Å². The number of phenolic OH excluding ortho intramolecular Hbond substituents is 1. The molecule has 0 atom stereocenters. The van der Waals surface area contributed by atoms with E-state index >= 15 is 0 Å². The van der Waals surface area contributed by atoms with Crippen molar-refractivity contribution in [3.05, 3.63) is 48.5 Å². The monoisotopic (exact) mass is 399 g/mol. The second-order valence-corrected chi connectivity index (χ2v) is 7.63. The molecule has 0 saturated carbocycles. The fourth-order valence-corrected chi connectivity index (χ4v) is 2.83. The molecule has 2 radical (unpaired) electrons. The van der Waals surface area contributed by atoms with Crippen LogP contribution in [-0.4, -0.2) is 52.2 Å². The summed E-state index contributed by atoms with van der Waals surface area (Å²) in [5.74, 6) is -0.850. The first-order valence-corrected chi connectivity index (χ1v) is 9.55. The average Bonchev–Trinajstić information content (AvgIpc) is 2.38. The van der Waals surface area contributed by atoms with Crippen LogP contribution >= 0.6 is 0 Å². The average molecular weight is 399 g/mol. The molecule has 2 rings (SSSR count). The molecule has 1 amide bonds. The Kier molecular flexibility index (Phi) is 10.8. The van der Waals surface area contributed by atoms with Crippen molar-refractivity contribution < 1.29 is 32.8 Å². The van der Waals surface area contributed by atoms with Crippen molar-refractivity contribution in [1.29, 1.82) is 0 Å². The van der Waals surface area contributed by atoms with Crippen LogP contribution in [0.5, 0.6) is 5.75 Å². The molecule has 2 aromatic carbocycles. The van der Waals surface area contributed by atoms with Gasteiger partial charge in [0, 0.05) is 0 Å². The van der Waals surface area contributed by atoms with Crippen molar-refractivity contribution in [3.8, 4) is 5.75 Å². The minimum absolute atomic E-state index is 0. The molecule has 0 aliphatic heterocycles. The number of phenols is 1. The number of carbonyl (C=O) groups excluding carboxylic acids is 1. The smallest absolute Gasteiger partial charge is 0.113 e. The van der Waals surface area contributed by atoms with Gasteiger partial charge >= 0.3 is 88.1 Å². The van der Waals surface area contributed by atoms with Gasteiger partial charge in [0.15, 0.2) is 0 Å². The van der Waals surface area contributed by atoms with Crippen LogP contribution in [0, 0.1) is 0 Å². The molecule has 0 saturated heterocycles. The van der Waals surface area contributed by atoms with Crippen LogP contribution in [0.25, 0.3) is 0 Å². The molecular formula is C14H19AsBNO7. The Bertz CT molecular complexity index is 691. The number of benzene rings is 2. The summed E-state index contributed by atoms with van der Waals surface area (Å²) < 4.78 is 28.2. The summed E-state index contributed by atoms with van der Waals surface area (Å²) in [6, 6.07) is 13.0. The van der Waals surface area contributed by atoms with Crippen LogP contribution in [-0.2, 0) is 8.53 Å². The molecule has 0 aromatic heterocycles. The van der Waals surface area contributed by atoms with Gasteiger partial charge in [-0.2, -0.15) is 0 Å². The SMILES string of the molecule is CC(=O)Nc1ccc([As](=O)(O)O)c(O)c1.O.O.[B]c1ccccc1. The summed E-state index contributed by atoms with van der Waals surface area (Å²) in [6.45, 7) is 1.29. The molecule has 130 valence electrons.